The Kier molecular flexibility index (Phi) is 4.30. The number of hydrogen-bond donors (Lipinski definition) is 2. The van der Waals surface area contributed by atoms with Crippen LogP contribution in [-0.2, 0) is 11.8 Å². The van der Waals surface area contributed by atoms with Crippen LogP contribution >= 0.6 is 11.8 Å². The third kappa shape index (κ3) is 3.13. The Morgan fingerprint density at radius 2 is 2.21 bits per heavy atom. The Bertz CT molecular complexity index is 880. The zero-order chi connectivity index (χ0) is 17.3. The SMILES string of the molecule is Cc1cc(NC(=O)CSc2nnc(-c3ccoc3C)n2N)n(C)n1. The number of nitrogens with one attached hydrogen (secondary N) is 1. The fourth-order valence-electron chi connectivity index (χ4n) is 2.21. The van der Waals surface area contributed by atoms with E-state index >= 15 is 0 Å². The maximum Gasteiger partial charge on any atom is 0.235 e. The number of furan rings is 1. The molecular weight excluding hydrogens is 330 g/mol. The van der Waals surface area contributed by atoms with Crippen LogP contribution in [0.5, 0.6) is 0 Å². The number of nitrogens with zero attached hydrogens (tertiary/aromatic N) is 5. The van der Waals surface area contributed by atoms with Gasteiger partial charge in [0, 0.05) is 13.1 Å². The van der Waals surface area contributed by atoms with Crippen molar-refractivity contribution in [2.24, 2.45) is 7.05 Å². The zero-order valence-electron chi connectivity index (χ0n) is 13.5. The summed E-state index contributed by atoms with van der Waals surface area (Å²) in [4.78, 5) is 12.1. The fraction of sp³-hybridized carbons (Fsp3) is 0.286. The van der Waals surface area contributed by atoms with Gasteiger partial charge in [-0.1, -0.05) is 11.8 Å². The molecule has 10 heteroatoms. The average Bonchev–Trinajstić information content (AvgIpc) is 3.18. The number of aryl methyl sites for hydroxylation is 3. The van der Waals surface area contributed by atoms with Gasteiger partial charge in [0.15, 0.2) is 5.82 Å². The van der Waals surface area contributed by atoms with Crippen LogP contribution in [-0.4, -0.2) is 36.3 Å². The fourth-order valence-corrected chi connectivity index (χ4v) is 2.87. The van der Waals surface area contributed by atoms with Gasteiger partial charge in [0.1, 0.15) is 11.6 Å². The first-order valence-corrected chi connectivity index (χ1v) is 8.12. The van der Waals surface area contributed by atoms with Crippen LogP contribution < -0.4 is 11.2 Å². The van der Waals surface area contributed by atoms with E-state index in [9.17, 15) is 4.79 Å². The van der Waals surface area contributed by atoms with Crippen LogP contribution in [0.1, 0.15) is 11.5 Å². The Morgan fingerprint density at radius 1 is 1.42 bits per heavy atom. The number of anilines is 1. The van der Waals surface area contributed by atoms with Gasteiger partial charge < -0.3 is 15.6 Å². The second-order valence-electron chi connectivity index (χ2n) is 5.20. The number of thioether (sulfide) groups is 1. The molecule has 0 radical (unpaired) electrons. The molecule has 3 heterocycles. The van der Waals surface area contributed by atoms with E-state index in [1.54, 1.807) is 30.1 Å². The molecule has 0 saturated carbocycles. The van der Waals surface area contributed by atoms with Crippen LogP contribution in [0.2, 0.25) is 0 Å². The molecule has 0 aliphatic carbocycles. The monoisotopic (exact) mass is 347 g/mol. The maximum absolute atomic E-state index is 12.1. The van der Waals surface area contributed by atoms with Crippen LogP contribution in [0, 0.1) is 13.8 Å². The van der Waals surface area contributed by atoms with E-state index in [2.05, 4.69) is 20.6 Å². The van der Waals surface area contributed by atoms with Crippen molar-refractivity contribution in [3.05, 3.63) is 29.9 Å². The summed E-state index contributed by atoms with van der Waals surface area (Å²) >= 11 is 1.20. The van der Waals surface area contributed by atoms with Gasteiger partial charge in [0.25, 0.3) is 0 Å². The van der Waals surface area contributed by atoms with Crippen molar-refractivity contribution in [3.8, 4) is 11.4 Å². The molecule has 0 saturated heterocycles. The Labute approximate surface area is 142 Å². The van der Waals surface area contributed by atoms with Crippen molar-refractivity contribution >= 4 is 23.5 Å². The summed E-state index contributed by atoms with van der Waals surface area (Å²) in [5.74, 6) is 7.83. The molecule has 0 aliphatic rings. The number of aromatic nitrogens is 5. The summed E-state index contributed by atoms with van der Waals surface area (Å²) in [6.07, 6.45) is 1.56. The quantitative estimate of drug-likeness (QED) is 0.528. The molecule has 3 N–H and O–H groups in total. The van der Waals surface area contributed by atoms with Gasteiger partial charge in [0.05, 0.1) is 23.3 Å². The smallest absolute Gasteiger partial charge is 0.235 e. The summed E-state index contributed by atoms with van der Waals surface area (Å²) in [5, 5.41) is 15.5. The van der Waals surface area contributed by atoms with Crippen LogP contribution in [0.4, 0.5) is 5.82 Å². The van der Waals surface area contributed by atoms with Crippen LogP contribution in [0.25, 0.3) is 11.4 Å². The van der Waals surface area contributed by atoms with E-state index < -0.39 is 0 Å². The highest BCUT2D eigenvalue weighted by atomic mass is 32.2. The number of rotatable bonds is 5. The van der Waals surface area contributed by atoms with E-state index in [4.69, 9.17) is 10.3 Å². The molecule has 0 spiro atoms. The van der Waals surface area contributed by atoms with Crippen molar-refractivity contribution in [1.29, 1.82) is 0 Å². The minimum Gasteiger partial charge on any atom is -0.469 e. The molecule has 3 rings (SSSR count). The van der Waals surface area contributed by atoms with Gasteiger partial charge in [-0.15, -0.1) is 10.2 Å². The molecule has 0 bridgehead atoms. The first-order valence-electron chi connectivity index (χ1n) is 7.14. The van der Waals surface area contributed by atoms with E-state index in [0.717, 1.165) is 11.3 Å². The highest BCUT2D eigenvalue weighted by molar-refractivity contribution is 7.99. The number of carbonyl (C=O) groups excluding carboxylic acids is 1. The summed E-state index contributed by atoms with van der Waals surface area (Å²) in [6, 6.07) is 3.57. The van der Waals surface area contributed by atoms with Gasteiger partial charge in [0.2, 0.25) is 11.1 Å². The van der Waals surface area contributed by atoms with E-state index in [0.29, 0.717) is 22.6 Å². The predicted octanol–water partition coefficient (Wildman–Crippen LogP) is 1.33. The Morgan fingerprint density at radius 3 is 2.83 bits per heavy atom. The minimum absolute atomic E-state index is 0.157. The first-order chi connectivity index (χ1) is 11.5. The molecule has 3 aromatic rings. The molecule has 0 fully saturated rings. The second kappa shape index (κ2) is 6.40. The molecule has 0 atom stereocenters. The molecular formula is C14H17N7O2S. The molecule has 9 nitrogen and oxygen atoms in total. The molecule has 1 amide bonds. The lowest BCUT2D eigenvalue weighted by molar-refractivity contribution is -0.113. The molecule has 126 valence electrons. The topological polar surface area (TPSA) is 117 Å². The lowest BCUT2D eigenvalue weighted by atomic mass is 10.2. The van der Waals surface area contributed by atoms with Crippen LogP contribution in [0.15, 0.2) is 28.0 Å². The zero-order valence-corrected chi connectivity index (χ0v) is 14.3. The maximum atomic E-state index is 12.1. The standard InChI is InChI=1S/C14H17N7O2S/c1-8-6-11(20(3)19-8)16-12(22)7-24-14-18-17-13(21(14)15)10-4-5-23-9(10)2/h4-6H,7,15H2,1-3H3,(H,16,22). The lowest BCUT2D eigenvalue weighted by Crippen LogP contribution is -2.18. The molecule has 0 aromatic carbocycles. The van der Waals surface area contributed by atoms with Crippen molar-refractivity contribution in [3.63, 3.8) is 0 Å². The third-order valence-electron chi connectivity index (χ3n) is 3.37. The number of nitrogen functional groups attached to an aromatic ring is 1. The third-order valence-corrected chi connectivity index (χ3v) is 4.31. The number of amides is 1. The number of nitrogens with two attached hydrogens (primary N) is 1. The summed E-state index contributed by atoms with van der Waals surface area (Å²) < 4.78 is 8.21. The lowest BCUT2D eigenvalue weighted by Gasteiger charge is -2.05. The van der Waals surface area contributed by atoms with Crippen molar-refractivity contribution in [2.75, 3.05) is 16.9 Å². The Balaban J connectivity index is 1.65. The van der Waals surface area contributed by atoms with E-state index in [-0.39, 0.29) is 11.7 Å². The molecule has 0 aliphatic heterocycles. The second-order valence-corrected chi connectivity index (χ2v) is 6.14. The molecule has 24 heavy (non-hydrogen) atoms. The largest absolute Gasteiger partial charge is 0.469 e. The summed E-state index contributed by atoms with van der Waals surface area (Å²) in [7, 11) is 1.77. The van der Waals surface area contributed by atoms with Crippen molar-refractivity contribution in [1.82, 2.24) is 24.7 Å². The summed E-state index contributed by atoms with van der Waals surface area (Å²) in [6.45, 7) is 3.68. The highest BCUT2D eigenvalue weighted by Gasteiger charge is 2.17. The highest BCUT2D eigenvalue weighted by Crippen LogP contribution is 2.25. The molecule has 3 aromatic heterocycles. The van der Waals surface area contributed by atoms with E-state index in [1.165, 1.54) is 16.4 Å². The normalized spacial score (nSPS) is 11.0. The van der Waals surface area contributed by atoms with Gasteiger partial charge in [-0.25, -0.2) is 4.68 Å². The average molecular weight is 347 g/mol. The van der Waals surface area contributed by atoms with Gasteiger partial charge >= 0.3 is 0 Å². The Hall–Kier alpha value is -2.75. The van der Waals surface area contributed by atoms with Crippen molar-refractivity contribution < 1.29 is 9.21 Å². The molecule has 0 unspecified atom stereocenters. The number of hydrogen-bond acceptors (Lipinski definition) is 7. The van der Waals surface area contributed by atoms with Crippen LogP contribution in [0.3, 0.4) is 0 Å². The van der Waals surface area contributed by atoms with Gasteiger partial charge in [-0.05, 0) is 19.9 Å². The predicted molar refractivity (Wildman–Crippen MR) is 89.9 cm³/mol. The number of carbonyl (C=O) groups is 1. The van der Waals surface area contributed by atoms with Gasteiger partial charge in [-0.3, -0.25) is 9.48 Å². The minimum atomic E-state index is -0.174. The summed E-state index contributed by atoms with van der Waals surface area (Å²) in [5.41, 5.74) is 1.61. The van der Waals surface area contributed by atoms with Crippen molar-refractivity contribution in [2.45, 2.75) is 19.0 Å². The van der Waals surface area contributed by atoms with Gasteiger partial charge in [-0.2, -0.15) is 5.10 Å². The van der Waals surface area contributed by atoms with E-state index in [1.807, 2.05) is 13.8 Å². The first kappa shape index (κ1) is 16.1.